The van der Waals surface area contributed by atoms with Crippen molar-refractivity contribution >= 4 is 0 Å². The van der Waals surface area contributed by atoms with Crippen LogP contribution in [0, 0.1) is 19.3 Å². The first-order chi connectivity index (χ1) is 5.96. The predicted molar refractivity (Wildman–Crippen MR) is 56.1 cm³/mol. The van der Waals surface area contributed by atoms with Crippen molar-refractivity contribution < 1.29 is 0 Å². The average molecular weight is 171 g/mol. The molecule has 0 heteroatoms. The lowest BCUT2D eigenvalue weighted by molar-refractivity contribution is 0.588. The molecule has 0 nitrogen and oxygen atoms in total. The van der Waals surface area contributed by atoms with Gasteiger partial charge in [0.15, 0.2) is 0 Å². The molecule has 0 unspecified atom stereocenters. The molecule has 0 amide bonds. The van der Waals surface area contributed by atoms with Crippen molar-refractivity contribution in [1.82, 2.24) is 0 Å². The van der Waals surface area contributed by atoms with Gasteiger partial charge in [-0.3, -0.25) is 5.92 Å². The van der Waals surface area contributed by atoms with Crippen molar-refractivity contribution in [3.63, 3.8) is 0 Å². The van der Waals surface area contributed by atoms with E-state index in [1.807, 2.05) is 19.1 Å². The zero-order chi connectivity index (χ0) is 10.1. The number of hydrogen-bond donors (Lipinski definition) is 0. The van der Waals surface area contributed by atoms with Crippen molar-refractivity contribution in [1.29, 1.82) is 0 Å². The average Bonchev–Trinajstić information content (AvgIpc) is 2.02. The third-order valence-corrected chi connectivity index (χ3v) is 2.21. The Hall–Kier alpha value is -1.22. The van der Waals surface area contributed by atoms with Crippen LogP contribution in [0.2, 0.25) is 0 Å². The molecule has 1 rings (SSSR count). The van der Waals surface area contributed by atoms with E-state index in [2.05, 4.69) is 32.8 Å². The molecular weight excluding hydrogens is 156 g/mol. The van der Waals surface area contributed by atoms with E-state index in [-0.39, 0.29) is 5.41 Å². The summed E-state index contributed by atoms with van der Waals surface area (Å²) in [5.41, 5.74) is 3.36. The van der Waals surface area contributed by atoms with Crippen molar-refractivity contribution in [3.05, 3.63) is 41.3 Å². The van der Waals surface area contributed by atoms with E-state index in [1.165, 1.54) is 5.56 Å². The van der Waals surface area contributed by atoms with Gasteiger partial charge in [0, 0.05) is 0 Å². The topological polar surface area (TPSA) is 0 Å². The lowest BCUT2D eigenvalue weighted by Gasteiger charge is -2.27. The van der Waals surface area contributed by atoms with Crippen molar-refractivity contribution in [2.45, 2.75) is 33.1 Å². The maximum Gasteiger partial charge on any atom is -0.0286 e. The Morgan fingerprint density at radius 1 is 1.23 bits per heavy atom. The molecule has 0 bridgehead atoms. The zero-order valence-corrected chi connectivity index (χ0v) is 8.73. The summed E-state index contributed by atoms with van der Waals surface area (Å²) in [5.74, 6) is 2.52. The first kappa shape index (κ1) is 9.86. The molecule has 0 aliphatic carbocycles. The Morgan fingerprint density at radius 2 is 1.85 bits per heavy atom. The van der Waals surface area contributed by atoms with Gasteiger partial charge in [-0.05, 0) is 5.41 Å². The maximum absolute atomic E-state index is 7.26. The molecule has 0 saturated heterocycles. The molecule has 0 aliphatic rings. The SMILES string of the molecule is [C-]#Cc1c(C)cccc1C(C)(C)C. The van der Waals surface area contributed by atoms with Crippen molar-refractivity contribution in [2.24, 2.45) is 0 Å². The van der Waals surface area contributed by atoms with Crippen molar-refractivity contribution in [2.75, 3.05) is 0 Å². The van der Waals surface area contributed by atoms with E-state index in [9.17, 15) is 0 Å². The van der Waals surface area contributed by atoms with Crippen LogP contribution in [0.25, 0.3) is 0 Å². The highest BCUT2D eigenvalue weighted by atomic mass is 14.2. The fourth-order valence-corrected chi connectivity index (χ4v) is 1.46. The lowest BCUT2D eigenvalue weighted by Crippen LogP contribution is -2.13. The summed E-state index contributed by atoms with van der Waals surface area (Å²) in [4.78, 5) is 0. The summed E-state index contributed by atoms with van der Waals surface area (Å²) in [5, 5.41) is 0. The highest BCUT2D eigenvalue weighted by Crippen LogP contribution is 2.26. The summed E-state index contributed by atoms with van der Waals surface area (Å²) in [6.07, 6.45) is 7.26. The summed E-state index contributed by atoms with van der Waals surface area (Å²) < 4.78 is 0. The molecule has 0 radical (unpaired) electrons. The minimum Gasteiger partial charge on any atom is -0.366 e. The van der Waals surface area contributed by atoms with E-state index in [4.69, 9.17) is 6.42 Å². The van der Waals surface area contributed by atoms with Crippen LogP contribution in [0.15, 0.2) is 18.2 Å². The Bertz CT molecular complexity index is 345. The molecule has 0 aromatic heterocycles. The second-order valence-corrected chi connectivity index (χ2v) is 4.37. The van der Waals surface area contributed by atoms with Gasteiger partial charge >= 0.3 is 0 Å². The molecule has 0 N–H and O–H groups in total. The van der Waals surface area contributed by atoms with Gasteiger partial charge in [0.1, 0.15) is 0 Å². The van der Waals surface area contributed by atoms with Gasteiger partial charge in [0.25, 0.3) is 0 Å². The minimum atomic E-state index is 0.0927. The number of benzene rings is 1. The van der Waals surface area contributed by atoms with Crippen LogP contribution in [-0.4, -0.2) is 0 Å². The quantitative estimate of drug-likeness (QED) is 0.415. The van der Waals surface area contributed by atoms with E-state index in [1.54, 1.807) is 0 Å². The molecule has 0 heterocycles. The van der Waals surface area contributed by atoms with Gasteiger partial charge < -0.3 is 6.42 Å². The summed E-state index contributed by atoms with van der Waals surface area (Å²) in [7, 11) is 0. The van der Waals surface area contributed by atoms with Crippen LogP contribution in [-0.2, 0) is 5.41 Å². The molecule has 0 saturated carbocycles. The maximum atomic E-state index is 7.26. The number of hydrogen-bond acceptors (Lipinski definition) is 0. The summed E-state index contributed by atoms with van der Waals surface area (Å²) in [6.45, 7) is 8.49. The standard InChI is InChI=1S/C13H15/c1-6-11-10(2)8-7-9-12(11)13(3,4)5/h7-9H,2-5H3/q-1. The smallest absolute Gasteiger partial charge is 0.0286 e. The van der Waals surface area contributed by atoms with Gasteiger partial charge in [-0.2, -0.15) is 0 Å². The molecule has 0 fully saturated rings. The minimum absolute atomic E-state index is 0.0927. The second kappa shape index (κ2) is 3.26. The largest absolute Gasteiger partial charge is 0.366 e. The molecule has 1 aromatic rings. The Morgan fingerprint density at radius 3 is 2.23 bits per heavy atom. The van der Waals surface area contributed by atoms with Crippen LogP contribution < -0.4 is 0 Å². The molecular formula is C13H15-. The Balaban J connectivity index is 3.40. The monoisotopic (exact) mass is 171 g/mol. The number of rotatable bonds is 0. The molecule has 0 spiro atoms. The Kier molecular flexibility index (Phi) is 2.48. The zero-order valence-electron chi connectivity index (χ0n) is 8.73. The van der Waals surface area contributed by atoms with Gasteiger partial charge in [0.2, 0.25) is 0 Å². The molecule has 13 heavy (non-hydrogen) atoms. The second-order valence-electron chi connectivity index (χ2n) is 4.37. The van der Waals surface area contributed by atoms with Crippen LogP contribution in [0.4, 0.5) is 0 Å². The van der Waals surface area contributed by atoms with Crippen molar-refractivity contribution in [3.8, 4) is 5.92 Å². The normalized spacial score (nSPS) is 11.0. The third-order valence-electron chi connectivity index (χ3n) is 2.21. The summed E-state index contributed by atoms with van der Waals surface area (Å²) >= 11 is 0. The third kappa shape index (κ3) is 1.92. The molecule has 0 atom stereocenters. The fourth-order valence-electron chi connectivity index (χ4n) is 1.46. The fraction of sp³-hybridized carbons (Fsp3) is 0.385. The van der Waals surface area contributed by atoms with Gasteiger partial charge in [0.05, 0.1) is 0 Å². The summed E-state index contributed by atoms with van der Waals surface area (Å²) in [6, 6.07) is 6.13. The van der Waals surface area contributed by atoms with E-state index >= 15 is 0 Å². The first-order valence-electron chi connectivity index (χ1n) is 4.49. The molecule has 1 aromatic carbocycles. The van der Waals surface area contributed by atoms with Crippen LogP contribution in [0.3, 0.4) is 0 Å². The van der Waals surface area contributed by atoms with Gasteiger partial charge in [-0.1, -0.05) is 45.9 Å². The highest BCUT2D eigenvalue weighted by Gasteiger charge is 2.12. The van der Waals surface area contributed by atoms with E-state index in [0.717, 1.165) is 11.1 Å². The van der Waals surface area contributed by atoms with E-state index < -0.39 is 0 Å². The van der Waals surface area contributed by atoms with Gasteiger partial charge in [-0.25, -0.2) is 0 Å². The first-order valence-corrected chi connectivity index (χ1v) is 4.49. The van der Waals surface area contributed by atoms with E-state index in [0.29, 0.717) is 0 Å². The van der Waals surface area contributed by atoms with Crippen LogP contribution >= 0.6 is 0 Å². The highest BCUT2D eigenvalue weighted by molar-refractivity contribution is 5.47. The van der Waals surface area contributed by atoms with Gasteiger partial charge in [-0.15, -0.1) is 16.7 Å². The van der Waals surface area contributed by atoms with Crippen LogP contribution in [0.1, 0.15) is 37.5 Å². The predicted octanol–water partition coefficient (Wildman–Crippen LogP) is 3.23. The van der Waals surface area contributed by atoms with Crippen LogP contribution in [0.5, 0.6) is 0 Å². The number of aryl methyl sites for hydroxylation is 1. The Labute approximate surface area is 81.0 Å². The molecule has 68 valence electrons. The lowest BCUT2D eigenvalue weighted by atomic mass is 9.82. The molecule has 0 aliphatic heterocycles.